The summed E-state index contributed by atoms with van der Waals surface area (Å²) in [4.78, 5) is 34.6. The van der Waals surface area contributed by atoms with Crippen molar-refractivity contribution in [1.29, 1.82) is 0 Å². The molecule has 1 fully saturated rings. The molecule has 0 radical (unpaired) electrons. The normalized spacial score (nSPS) is 15.8. The number of carbonyl (C=O) groups is 2. The molecule has 9 nitrogen and oxygen atoms in total. The SMILES string of the molecule is CC(C(N)=O)C(C(=O)N(C)C)(N(CCc1cccc(-c2cccc(F)c2)c1)Cc1ccco1)N(CCc1cccc(OCc2ccccc2)c1)CC1CCOC1. The van der Waals surface area contributed by atoms with Crippen LogP contribution in [0.5, 0.6) is 5.75 Å². The monoisotopic (exact) mass is 760 g/mol. The molecule has 0 spiro atoms. The standard InChI is InChI=1S/C46H53FN4O5/c1-34(44(48)52)46(45(53)49(2)3,51(31-43-19-10-25-55-43)24-20-35-13-7-15-39(27-35)40-16-9-17-41(47)29-40)50(30-38-22-26-54-32-38)23-21-36-14-8-18-42(28-36)56-33-37-11-5-4-6-12-37/h4-19,25,27-29,34,38H,20-24,26,30-33H2,1-3H3,(H2,48,52). The Morgan fingerprint density at radius 2 is 1.52 bits per heavy atom. The molecule has 0 saturated carbocycles. The molecule has 56 heavy (non-hydrogen) atoms. The fourth-order valence-corrected chi connectivity index (χ4v) is 7.77. The number of halogens is 1. The van der Waals surface area contributed by atoms with Crippen LogP contribution in [-0.2, 0) is 40.3 Å². The van der Waals surface area contributed by atoms with Crippen molar-refractivity contribution in [2.24, 2.45) is 17.6 Å². The minimum Gasteiger partial charge on any atom is -0.489 e. The summed E-state index contributed by atoms with van der Waals surface area (Å²) in [7, 11) is 3.45. The van der Waals surface area contributed by atoms with Crippen molar-refractivity contribution in [2.45, 2.75) is 45.0 Å². The van der Waals surface area contributed by atoms with Gasteiger partial charge in [0.05, 0.1) is 25.3 Å². The average Bonchev–Trinajstić information content (AvgIpc) is 3.94. The van der Waals surface area contributed by atoms with Crippen LogP contribution in [0.25, 0.3) is 11.1 Å². The Bertz CT molecular complexity index is 2020. The Balaban J connectivity index is 1.38. The molecular weight excluding hydrogens is 708 g/mol. The van der Waals surface area contributed by atoms with Crippen LogP contribution in [0.3, 0.4) is 0 Å². The topological polar surface area (TPSA) is 101 Å². The zero-order valence-corrected chi connectivity index (χ0v) is 32.6. The van der Waals surface area contributed by atoms with Crippen molar-refractivity contribution in [1.82, 2.24) is 14.7 Å². The number of carbonyl (C=O) groups excluding carboxylic acids is 2. The lowest BCUT2D eigenvalue weighted by Crippen LogP contribution is -2.73. The van der Waals surface area contributed by atoms with Gasteiger partial charge in [0.15, 0.2) is 5.66 Å². The highest BCUT2D eigenvalue weighted by molar-refractivity contribution is 5.92. The number of primary amides is 1. The lowest BCUT2D eigenvalue weighted by atomic mass is 9.85. The smallest absolute Gasteiger partial charge is 0.258 e. The Kier molecular flexibility index (Phi) is 13.7. The van der Waals surface area contributed by atoms with Crippen molar-refractivity contribution in [3.05, 3.63) is 150 Å². The van der Waals surface area contributed by atoms with Gasteiger partial charge >= 0.3 is 0 Å². The fraction of sp³-hybridized carbons (Fsp3) is 0.348. The van der Waals surface area contributed by atoms with Crippen LogP contribution in [0.15, 0.2) is 126 Å². The number of rotatable bonds is 19. The zero-order chi connectivity index (χ0) is 39.5. The van der Waals surface area contributed by atoms with Crippen LogP contribution in [0.2, 0.25) is 0 Å². The lowest BCUT2D eigenvalue weighted by Gasteiger charge is -2.53. The maximum absolute atomic E-state index is 15.2. The van der Waals surface area contributed by atoms with Gasteiger partial charge in [0.1, 0.15) is 23.9 Å². The van der Waals surface area contributed by atoms with Gasteiger partial charge in [0.25, 0.3) is 5.91 Å². The van der Waals surface area contributed by atoms with E-state index in [1.165, 1.54) is 12.1 Å². The summed E-state index contributed by atoms with van der Waals surface area (Å²) in [6.07, 6.45) is 3.55. The summed E-state index contributed by atoms with van der Waals surface area (Å²) in [5.41, 5.74) is 9.54. The van der Waals surface area contributed by atoms with E-state index in [0.717, 1.165) is 40.0 Å². The summed E-state index contributed by atoms with van der Waals surface area (Å²) >= 11 is 0. The third kappa shape index (κ3) is 9.92. The molecule has 5 aromatic rings. The Hall–Kier alpha value is -5.29. The average molecular weight is 761 g/mol. The van der Waals surface area contributed by atoms with Crippen LogP contribution in [0.4, 0.5) is 4.39 Å². The van der Waals surface area contributed by atoms with E-state index >= 15 is 4.79 Å². The third-order valence-electron chi connectivity index (χ3n) is 10.7. The molecule has 10 heteroatoms. The largest absolute Gasteiger partial charge is 0.489 e. The van der Waals surface area contributed by atoms with Gasteiger partial charge in [-0.05, 0) is 96.3 Å². The molecule has 2 heterocycles. The Morgan fingerprint density at radius 1 is 0.839 bits per heavy atom. The first-order valence-electron chi connectivity index (χ1n) is 19.3. The molecule has 4 aromatic carbocycles. The molecule has 1 aromatic heterocycles. The number of hydrogen-bond acceptors (Lipinski definition) is 7. The highest BCUT2D eigenvalue weighted by atomic mass is 19.1. The van der Waals surface area contributed by atoms with E-state index in [9.17, 15) is 9.18 Å². The Morgan fingerprint density at radius 3 is 2.18 bits per heavy atom. The van der Waals surface area contributed by atoms with Crippen LogP contribution in [0.1, 0.15) is 35.8 Å². The first kappa shape index (κ1) is 40.4. The first-order chi connectivity index (χ1) is 27.1. The lowest BCUT2D eigenvalue weighted by molar-refractivity contribution is -0.175. The van der Waals surface area contributed by atoms with Gasteiger partial charge in [-0.3, -0.25) is 19.4 Å². The summed E-state index contributed by atoms with van der Waals surface area (Å²) < 4.78 is 32.2. The number of furan rings is 1. The molecule has 3 atom stereocenters. The van der Waals surface area contributed by atoms with Crippen molar-refractivity contribution in [2.75, 3.05) is 46.9 Å². The second-order valence-electron chi connectivity index (χ2n) is 14.9. The molecule has 2 amide bonds. The van der Waals surface area contributed by atoms with E-state index in [2.05, 4.69) is 15.9 Å². The minimum atomic E-state index is -1.51. The number of likely N-dealkylation sites (N-methyl/N-ethyl adjacent to an activating group) is 1. The van der Waals surface area contributed by atoms with Gasteiger partial charge in [0, 0.05) is 40.3 Å². The number of nitrogens with zero attached hydrogens (tertiary/aromatic N) is 3. The van der Waals surface area contributed by atoms with E-state index in [1.807, 2.05) is 91.0 Å². The summed E-state index contributed by atoms with van der Waals surface area (Å²) in [6, 6.07) is 36.3. The Labute approximate surface area is 329 Å². The predicted octanol–water partition coefficient (Wildman–Crippen LogP) is 7.20. The molecule has 1 aliphatic rings. The van der Waals surface area contributed by atoms with E-state index in [4.69, 9.17) is 19.6 Å². The molecule has 0 aliphatic carbocycles. The van der Waals surface area contributed by atoms with E-state index < -0.39 is 17.5 Å². The number of benzene rings is 4. The van der Waals surface area contributed by atoms with Crippen molar-refractivity contribution in [3.63, 3.8) is 0 Å². The zero-order valence-electron chi connectivity index (χ0n) is 32.6. The molecule has 294 valence electrons. The molecule has 1 saturated heterocycles. The minimum absolute atomic E-state index is 0.137. The number of amides is 2. The van der Waals surface area contributed by atoms with Crippen LogP contribution < -0.4 is 10.5 Å². The van der Waals surface area contributed by atoms with E-state index in [-0.39, 0.29) is 24.2 Å². The highest BCUT2D eigenvalue weighted by Gasteiger charge is 2.56. The number of nitrogens with two attached hydrogens (primary N) is 1. The predicted molar refractivity (Wildman–Crippen MR) is 216 cm³/mol. The molecule has 0 bridgehead atoms. The maximum atomic E-state index is 15.2. The quantitative estimate of drug-likeness (QED) is 0.0890. The van der Waals surface area contributed by atoms with Gasteiger partial charge < -0.3 is 24.5 Å². The van der Waals surface area contributed by atoms with Gasteiger partial charge in [-0.25, -0.2) is 4.39 Å². The van der Waals surface area contributed by atoms with Crippen LogP contribution >= 0.6 is 0 Å². The van der Waals surface area contributed by atoms with Crippen LogP contribution in [0, 0.1) is 17.7 Å². The van der Waals surface area contributed by atoms with Gasteiger partial charge in [0.2, 0.25) is 5.91 Å². The van der Waals surface area contributed by atoms with Gasteiger partial charge in [-0.1, -0.05) is 78.9 Å². The second kappa shape index (κ2) is 19.0. The summed E-state index contributed by atoms with van der Waals surface area (Å²) in [5.74, 6) is -0.525. The van der Waals surface area contributed by atoms with Gasteiger partial charge in [-0.2, -0.15) is 0 Å². The highest BCUT2D eigenvalue weighted by Crippen LogP contribution is 2.36. The molecule has 1 aliphatic heterocycles. The summed E-state index contributed by atoms with van der Waals surface area (Å²) in [5, 5.41) is 0. The summed E-state index contributed by atoms with van der Waals surface area (Å²) in [6.45, 7) is 4.98. The third-order valence-corrected chi connectivity index (χ3v) is 10.7. The number of ether oxygens (including phenoxy) is 2. The van der Waals surface area contributed by atoms with Gasteiger partial charge in [-0.15, -0.1) is 0 Å². The van der Waals surface area contributed by atoms with Crippen molar-refractivity contribution >= 4 is 11.8 Å². The molecule has 2 N–H and O–H groups in total. The van der Waals surface area contributed by atoms with Crippen LogP contribution in [-0.4, -0.2) is 79.1 Å². The first-order valence-corrected chi connectivity index (χ1v) is 19.3. The maximum Gasteiger partial charge on any atom is 0.258 e. The van der Waals surface area contributed by atoms with Crippen molar-refractivity contribution < 1.29 is 27.9 Å². The van der Waals surface area contributed by atoms with E-state index in [1.54, 1.807) is 38.2 Å². The second-order valence-corrected chi connectivity index (χ2v) is 14.9. The van der Waals surface area contributed by atoms with E-state index in [0.29, 0.717) is 58.1 Å². The fourth-order valence-electron chi connectivity index (χ4n) is 7.77. The molecular formula is C46H53FN4O5. The number of hydrogen-bond donors (Lipinski definition) is 1. The molecule has 6 rings (SSSR count). The molecule has 3 unspecified atom stereocenters. The van der Waals surface area contributed by atoms with Crippen molar-refractivity contribution in [3.8, 4) is 16.9 Å².